The van der Waals surface area contributed by atoms with E-state index in [1.807, 2.05) is 55.8 Å². The maximum atomic E-state index is 13.5. The molecule has 32 heavy (non-hydrogen) atoms. The summed E-state index contributed by atoms with van der Waals surface area (Å²) in [5.74, 6) is 0.741. The Morgan fingerprint density at radius 2 is 1.81 bits per heavy atom. The van der Waals surface area contributed by atoms with Gasteiger partial charge in [0.2, 0.25) is 0 Å². The van der Waals surface area contributed by atoms with Crippen molar-refractivity contribution in [3.8, 4) is 22.8 Å². The molecular weight excluding hydrogens is 404 g/mol. The summed E-state index contributed by atoms with van der Waals surface area (Å²) in [6, 6.07) is 15.3. The number of para-hydroxylation sites is 1. The average Bonchev–Trinajstić information content (AvgIpc) is 3.14. The second kappa shape index (κ2) is 8.70. The first-order valence-corrected chi connectivity index (χ1v) is 10.4. The summed E-state index contributed by atoms with van der Waals surface area (Å²) in [7, 11) is 3.11. The van der Waals surface area contributed by atoms with Gasteiger partial charge < -0.3 is 14.8 Å². The van der Waals surface area contributed by atoms with E-state index in [4.69, 9.17) is 14.5 Å². The molecule has 2 aromatic heterocycles. The number of rotatable bonds is 6. The van der Waals surface area contributed by atoms with Crippen LogP contribution in [0.1, 0.15) is 28.5 Å². The fraction of sp³-hybridized carbons (Fsp3) is 0.240. The van der Waals surface area contributed by atoms with E-state index in [1.165, 1.54) is 0 Å². The molecule has 0 aliphatic heterocycles. The van der Waals surface area contributed by atoms with Crippen LogP contribution in [0, 0.1) is 13.8 Å². The molecule has 0 bridgehead atoms. The number of aromatic nitrogens is 3. The Kier molecular flexibility index (Phi) is 5.81. The van der Waals surface area contributed by atoms with Gasteiger partial charge in [-0.15, -0.1) is 0 Å². The van der Waals surface area contributed by atoms with Crippen LogP contribution in [0.2, 0.25) is 0 Å². The van der Waals surface area contributed by atoms with Crippen molar-refractivity contribution in [2.75, 3.05) is 19.5 Å². The van der Waals surface area contributed by atoms with Crippen LogP contribution in [-0.2, 0) is 6.54 Å². The zero-order valence-electron chi connectivity index (χ0n) is 18.9. The highest BCUT2D eigenvalue weighted by molar-refractivity contribution is 6.13. The number of anilines is 1. The number of hydrogen-bond acceptors (Lipinski definition) is 5. The monoisotopic (exact) mass is 430 g/mol. The summed E-state index contributed by atoms with van der Waals surface area (Å²) in [5, 5.41) is 8.31. The third-order valence-electron chi connectivity index (χ3n) is 5.42. The molecule has 0 fully saturated rings. The molecule has 0 unspecified atom stereocenters. The van der Waals surface area contributed by atoms with Gasteiger partial charge in [-0.25, -0.2) is 9.67 Å². The molecule has 0 aliphatic rings. The molecular formula is C25H26N4O3. The van der Waals surface area contributed by atoms with Crippen molar-refractivity contribution in [1.29, 1.82) is 0 Å². The molecule has 2 aromatic carbocycles. The van der Waals surface area contributed by atoms with Crippen molar-refractivity contribution in [3.05, 3.63) is 65.4 Å². The second-order valence-corrected chi connectivity index (χ2v) is 7.52. The summed E-state index contributed by atoms with van der Waals surface area (Å²) < 4.78 is 12.7. The van der Waals surface area contributed by atoms with Gasteiger partial charge in [-0.2, -0.15) is 5.10 Å². The molecule has 0 saturated carbocycles. The number of amides is 1. The van der Waals surface area contributed by atoms with Gasteiger partial charge >= 0.3 is 0 Å². The quantitative estimate of drug-likeness (QED) is 0.465. The van der Waals surface area contributed by atoms with E-state index in [2.05, 4.69) is 10.4 Å². The summed E-state index contributed by atoms with van der Waals surface area (Å²) in [4.78, 5) is 18.4. The summed E-state index contributed by atoms with van der Waals surface area (Å²) in [6.07, 6.45) is 0. The first-order chi connectivity index (χ1) is 15.5. The van der Waals surface area contributed by atoms with Crippen LogP contribution in [0.3, 0.4) is 0 Å². The zero-order chi connectivity index (χ0) is 22.8. The minimum Gasteiger partial charge on any atom is -0.493 e. The number of ether oxygens (including phenoxy) is 2. The van der Waals surface area contributed by atoms with E-state index in [0.717, 1.165) is 27.9 Å². The van der Waals surface area contributed by atoms with Crippen LogP contribution in [-0.4, -0.2) is 34.9 Å². The van der Waals surface area contributed by atoms with E-state index < -0.39 is 0 Å². The van der Waals surface area contributed by atoms with Crippen LogP contribution in [0.15, 0.2) is 48.5 Å². The highest BCUT2D eigenvalue weighted by atomic mass is 16.5. The highest BCUT2D eigenvalue weighted by Crippen LogP contribution is 2.35. The van der Waals surface area contributed by atoms with Crippen molar-refractivity contribution < 1.29 is 14.3 Å². The summed E-state index contributed by atoms with van der Waals surface area (Å²) in [6.45, 7) is 6.59. The van der Waals surface area contributed by atoms with Crippen molar-refractivity contribution >= 4 is 22.6 Å². The lowest BCUT2D eigenvalue weighted by Gasteiger charge is -2.14. The number of fused-ring (bicyclic) bond motifs is 1. The predicted molar refractivity (Wildman–Crippen MR) is 126 cm³/mol. The predicted octanol–water partition coefficient (Wildman–Crippen LogP) is 5.00. The van der Waals surface area contributed by atoms with E-state index >= 15 is 0 Å². The maximum absolute atomic E-state index is 13.5. The topological polar surface area (TPSA) is 78.3 Å². The van der Waals surface area contributed by atoms with E-state index in [1.54, 1.807) is 32.4 Å². The first-order valence-electron chi connectivity index (χ1n) is 10.4. The lowest BCUT2D eigenvalue weighted by atomic mass is 10.0. The van der Waals surface area contributed by atoms with Crippen LogP contribution in [0.5, 0.6) is 11.5 Å². The van der Waals surface area contributed by atoms with E-state index in [9.17, 15) is 4.79 Å². The fourth-order valence-electron chi connectivity index (χ4n) is 3.80. The van der Waals surface area contributed by atoms with E-state index in [-0.39, 0.29) is 5.91 Å². The standard InChI is InChI=1S/C25H26N4O3/c1-6-29-24-22(16(3)28-29)18(14-20(26-24)17-12-10-15(2)11-13-17)25(30)27-19-8-7-9-21(31-4)23(19)32-5/h7-14H,6H2,1-5H3,(H,27,30). The molecule has 0 atom stereocenters. The number of aryl methyl sites for hydroxylation is 3. The van der Waals surface area contributed by atoms with Gasteiger partial charge in [-0.1, -0.05) is 35.9 Å². The Morgan fingerprint density at radius 3 is 2.47 bits per heavy atom. The minimum absolute atomic E-state index is 0.268. The smallest absolute Gasteiger partial charge is 0.256 e. The summed E-state index contributed by atoms with van der Waals surface area (Å²) >= 11 is 0. The lowest BCUT2D eigenvalue weighted by molar-refractivity contribution is 0.102. The van der Waals surface area contributed by atoms with Crippen LogP contribution in [0.4, 0.5) is 5.69 Å². The van der Waals surface area contributed by atoms with Crippen LogP contribution >= 0.6 is 0 Å². The second-order valence-electron chi connectivity index (χ2n) is 7.52. The number of hydrogen-bond donors (Lipinski definition) is 1. The van der Waals surface area contributed by atoms with Crippen molar-refractivity contribution in [2.45, 2.75) is 27.3 Å². The van der Waals surface area contributed by atoms with Gasteiger partial charge in [-0.05, 0) is 39.0 Å². The highest BCUT2D eigenvalue weighted by Gasteiger charge is 2.21. The lowest BCUT2D eigenvalue weighted by Crippen LogP contribution is -2.14. The third-order valence-corrected chi connectivity index (χ3v) is 5.42. The van der Waals surface area contributed by atoms with Crippen molar-refractivity contribution in [3.63, 3.8) is 0 Å². The molecule has 1 amide bonds. The Hall–Kier alpha value is -3.87. The number of carbonyl (C=O) groups is 1. The average molecular weight is 431 g/mol. The number of carbonyl (C=O) groups excluding carboxylic acids is 1. The number of nitrogens with zero attached hydrogens (tertiary/aromatic N) is 3. The van der Waals surface area contributed by atoms with Gasteiger partial charge in [0.25, 0.3) is 5.91 Å². The maximum Gasteiger partial charge on any atom is 0.256 e. The molecule has 4 aromatic rings. The molecule has 7 heteroatoms. The Labute approximate surface area is 187 Å². The molecule has 0 aliphatic carbocycles. The molecule has 0 saturated heterocycles. The fourth-order valence-corrected chi connectivity index (χ4v) is 3.80. The van der Waals surface area contributed by atoms with Gasteiger partial charge in [0.05, 0.1) is 42.2 Å². The van der Waals surface area contributed by atoms with Gasteiger partial charge in [0.15, 0.2) is 17.1 Å². The van der Waals surface area contributed by atoms with Crippen LogP contribution in [0.25, 0.3) is 22.3 Å². The van der Waals surface area contributed by atoms with Gasteiger partial charge in [-0.3, -0.25) is 4.79 Å². The molecule has 0 radical (unpaired) electrons. The number of pyridine rings is 1. The molecule has 0 spiro atoms. The zero-order valence-corrected chi connectivity index (χ0v) is 18.9. The number of methoxy groups -OCH3 is 2. The number of nitrogens with one attached hydrogen (secondary N) is 1. The molecule has 4 rings (SSSR count). The molecule has 1 N–H and O–H groups in total. The van der Waals surface area contributed by atoms with E-state index in [0.29, 0.717) is 34.9 Å². The van der Waals surface area contributed by atoms with Gasteiger partial charge in [0, 0.05) is 12.1 Å². The Morgan fingerprint density at radius 1 is 1.06 bits per heavy atom. The Balaban J connectivity index is 1.86. The Bertz CT molecular complexity index is 1290. The SMILES string of the molecule is CCn1nc(C)c2c(C(=O)Nc3cccc(OC)c3OC)cc(-c3ccc(C)cc3)nc21. The molecule has 2 heterocycles. The summed E-state index contributed by atoms with van der Waals surface area (Å²) in [5.41, 5.74) is 5.29. The van der Waals surface area contributed by atoms with Crippen molar-refractivity contribution in [2.24, 2.45) is 0 Å². The molecule has 7 nitrogen and oxygen atoms in total. The van der Waals surface area contributed by atoms with Gasteiger partial charge in [0.1, 0.15) is 0 Å². The molecule has 164 valence electrons. The minimum atomic E-state index is -0.268. The number of benzene rings is 2. The normalized spacial score (nSPS) is 10.9. The first kappa shape index (κ1) is 21.4. The van der Waals surface area contributed by atoms with Crippen LogP contribution < -0.4 is 14.8 Å². The van der Waals surface area contributed by atoms with Crippen molar-refractivity contribution in [1.82, 2.24) is 14.8 Å². The third kappa shape index (κ3) is 3.77. The largest absolute Gasteiger partial charge is 0.493 e.